The van der Waals surface area contributed by atoms with Crippen LogP contribution in [0, 0.1) is 0 Å². The Morgan fingerprint density at radius 3 is 2.43 bits per heavy atom. The summed E-state index contributed by atoms with van der Waals surface area (Å²) in [6, 6.07) is 8.96. The molecule has 1 aromatic carbocycles. The summed E-state index contributed by atoms with van der Waals surface area (Å²) < 4.78 is 23.5. The van der Waals surface area contributed by atoms with Gasteiger partial charge in [0.05, 0.1) is 24.9 Å². The number of benzene rings is 1. The van der Waals surface area contributed by atoms with Crippen LogP contribution in [0.4, 0.5) is 5.69 Å². The highest BCUT2D eigenvalue weighted by molar-refractivity contribution is 7.94. The second-order valence-electron chi connectivity index (χ2n) is 6.31. The first-order valence-electron chi connectivity index (χ1n) is 8.17. The predicted molar refractivity (Wildman–Crippen MR) is 90.1 cm³/mol. The highest BCUT2D eigenvalue weighted by atomic mass is 32.2. The number of nitrogens with one attached hydrogen (secondary N) is 1. The van der Waals surface area contributed by atoms with Gasteiger partial charge in [0.25, 0.3) is 5.91 Å². The number of hydrogen-bond donors (Lipinski definition) is 1. The zero-order valence-electron chi connectivity index (χ0n) is 13.1. The smallest absolute Gasteiger partial charge is 0.282 e. The molecule has 0 aliphatic carbocycles. The predicted octanol–water partition coefficient (Wildman–Crippen LogP) is 0.399. The van der Waals surface area contributed by atoms with Crippen molar-refractivity contribution in [2.45, 2.75) is 25.3 Å². The maximum absolute atomic E-state index is 12.9. The molecule has 0 aromatic heterocycles. The quantitative estimate of drug-likeness (QED) is 0.866. The summed E-state index contributed by atoms with van der Waals surface area (Å²) >= 11 is 0. The van der Waals surface area contributed by atoms with Crippen LogP contribution >= 0.6 is 0 Å². The lowest BCUT2D eigenvalue weighted by Crippen LogP contribution is -3.14. The van der Waals surface area contributed by atoms with Gasteiger partial charge in [-0.25, -0.2) is 8.42 Å². The molecule has 0 saturated carbocycles. The number of carbonyl (C=O) groups is 1. The molecule has 0 bridgehead atoms. The lowest BCUT2D eigenvalue weighted by molar-refractivity contribution is -0.896. The maximum Gasteiger partial charge on any atom is 0.282 e. The summed E-state index contributed by atoms with van der Waals surface area (Å²) in [6.07, 6.45) is 5.19. The van der Waals surface area contributed by atoms with Crippen molar-refractivity contribution in [2.75, 3.05) is 30.3 Å². The first kappa shape index (κ1) is 16.2. The second kappa shape index (κ2) is 6.84. The maximum atomic E-state index is 12.9. The number of quaternary nitrogens is 1. The van der Waals surface area contributed by atoms with Gasteiger partial charge in [-0.2, -0.15) is 0 Å². The van der Waals surface area contributed by atoms with Gasteiger partial charge >= 0.3 is 0 Å². The van der Waals surface area contributed by atoms with Crippen LogP contribution < -0.4 is 9.80 Å². The van der Waals surface area contributed by atoms with Gasteiger partial charge in [-0.1, -0.05) is 18.2 Å². The van der Waals surface area contributed by atoms with E-state index in [4.69, 9.17) is 0 Å². The molecule has 1 amide bonds. The fourth-order valence-corrected chi connectivity index (χ4v) is 4.62. The van der Waals surface area contributed by atoms with Crippen LogP contribution in [0.3, 0.4) is 0 Å². The van der Waals surface area contributed by atoms with E-state index in [-0.39, 0.29) is 11.7 Å². The third-order valence-electron chi connectivity index (χ3n) is 4.51. The number of piperidine rings is 1. The average Bonchev–Trinajstić information content (AvgIpc) is 2.89. The molecule has 124 valence electrons. The highest BCUT2D eigenvalue weighted by Gasteiger charge is 2.33. The van der Waals surface area contributed by atoms with Crippen LogP contribution in [0.25, 0.3) is 0 Å². The van der Waals surface area contributed by atoms with E-state index < -0.39 is 15.9 Å². The third-order valence-corrected chi connectivity index (χ3v) is 5.89. The Morgan fingerprint density at radius 2 is 1.83 bits per heavy atom. The average molecular weight is 335 g/mol. The number of anilines is 1. The summed E-state index contributed by atoms with van der Waals surface area (Å²) in [5.74, 6) is -0.0250. The van der Waals surface area contributed by atoms with Crippen molar-refractivity contribution < 1.29 is 18.1 Å². The van der Waals surface area contributed by atoms with Gasteiger partial charge in [-0.15, -0.1) is 0 Å². The zero-order valence-corrected chi connectivity index (χ0v) is 14.0. The Bertz CT molecular complexity index is 679. The molecule has 2 heterocycles. The molecule has 1 N–H and O–H groups in total. The lowest BCUT2D eigenvalue weighted by Gasteiger charge is -2.30. The summed E-state index contributed by atoms with van der Waals surface area (Å²) in [7, 11) is -3.20. The van der Waals surface area contributed by atoms with Crippen LogP contribution in [0.2, 0.25) is 0 Å². The number of carbonyl (C=O) groups excluding carboxylic acids is 1. The SMILES string of the molecule is O=C(C[NH+]1CCCCC1)N(c1ccccc1)[C@H]1C=CS(=O)(=O)C1. The van der Waals surface area contributed by atoms with Crippen molar-refractivity contribution >= 4 is 21.4 Å². The van der Waals surface area contributed by atoms with E-state index in [1.165, 1.54) is 16.7 Å². The Hall–Kier alpha value is -1.66. The largest absolute Gasteiger partial charge is 0.327 e. The Kier molecular flexibility index (Phi) is 4.82. The van der Waals surface area contributed by atoms with E-state index in [0.717, 1.165) is 31.6 Å². The topological polar surface area (TPSA) is 58.9 Å². The number of likely N-dealkylation sites (tertiary alicyclic amines) is 1. The van der Waals surface area contributed by atoms with E-state index in [0.29, 0.717) is 6.54 Å². The van der Waals surface area contributed by atoms with E-state index in [1.54, 1.807) is 11.0 Å². The van der Waals surface area contributed by atoms with Crippen molar-refractivity contribution in [3.63, 3.8) is 0 Å². The van der Waals surface area contributed by atoms with Crippen LogP contribution in [0.5, 0.6) is 0 Å². The fraction of sp³-hybridized carbons (Fsp3) is 0.471. The van der Waals surface area contributed by atoms with Gasteiger partial charge in [-0.05, 0) is 37.5 Å². The molecule has 23 heavy (non-hydrogen) atoms. The second-order valence-corrected chi connectivity index (χ2v) is 8.24. The number of amides is 1. The van der Waals surface area contributed by atoms with Gasteiger partial charge in [0, 0.05) is 11.1 Å². The Morgan fingerprint density at radius 1 is 1.13 bits per heavy atom. The molecular formula is C17H23N2O3S+. The van der Waals surface area contributed by atoms with E-state index in [1.807, 2.05) is 30.3 Å². The standard InChI is InChI=1S/C17H22N2O3S/c20-17(13-18-10-5-2-6-11-18)19(15-7-3-1-4-8-15)16-9-12-23(21,22)14-16/h1,3-4,7-9,12,16H,2,5-6,10-11,13-14H2/p+1/t16-/m0/s1. The van der Waals surface area contributed by atoms with Crippen molar-refractivity contribution in [2.24, 2.45) is 0 Å². The van der Waals surface area contributed by atoms with Crippen molar-refractivity contribution in [3.05, 3.63) is 41.8 Å². The van der Waals surface area contributed by atoms with E-state index in [2.05, 4.69) is 0 Å². The van der Waals surface area contributed by atoms with Gasteiger partial charge in [0.15, 0.2) is 16.4 Å². The third kappa shape index (κ3) is 4.00. The normalized spacial score (nSPS) is 23.7. The van der Waals surface area contributed by atoms with E-state index >= 15 is 0 Å². The first-order chi connectivity index (χ1) is 11.1. The van der Waals surface area contributed by atoms with Crippen molar-refractivity contribution in [1.29, 1.82) is 0 Å². The van der Waals surface area contributed by atoms with Gasteiger partial charge < -0.3 is 4.90 Å². The monoisotopic (exact) mass is 335 g/mol. The molecule has 0 unspecified atom stereocenters. The lowest BCUT2D eigenvalue weighted by atomic mass is 10.1. The number of hydrogen-bond acceptors (Lipinski definition) is 3. The number of sulfone groups is 1. The number of rotatable bonds is 4. The summed E-state index contributed by atoms with van der Waals surface area (Å²) in [5, 5.41) is 1.23. The fourth-order valence-electron chi connectivity index (χ4n) is 3.36. The van der Waals surface area contributed by atoms with Crippen LogP contribution in [-0.2, 0) is 14.6 Å². The van der Waals surface area contributed by atoms with Gasteiger partial charge in [0.1, 0.15) is 0 Å². The molecule has 3 rings (SSSR count). The molecule has 1 saturated heterocycles. The minimum absolute atomic E-state index is 0.000139. The van der Waals surface area contributed by atoms with E-state index in [9.17, 15) is 13.2 Å². The minimum Gasteiger partial charge on any atom is -0.327 e. The minimum atomic E-state index is -3.20. The molecule has 2 aliphatic heterocycles. The molecule has 1 atom stereocenters. The number of para-hydroxylation sites is 1. The molecule has 6 heteroatoms. The summed E-state index contributed by atoms with van der Waals surface area (Å²) in [6.45, 7) is 2.47. The molecule has 1 fully saturated rings. The Labute approximate surface area is 137 Å². The molecule has 2 aliphatic rings. The summed E-state index contributed by atoms with van der Waals surface area (Å²) in [5.41, 5.74) is 0.764. The molecule has 1 aromatic rings. The number of nitrogens with zero attached hydrogens (tertiary/aromatic N) is 1. The van der Waals surface area contributed by atoms with Gasteiger partial charge in [-0.3, -0.25) is 9.69 Å². The zero-order chi connectivity index (χ0) is 16.3. The van der Waals surface area contributed by atoms with Crippen molar-refractivity contribution in [3.8, 4) is 0 Å². The van der Waals surface area contributed by atoms with Crippen molar-refractivity contribution in [1.82, 2.24) is 0 Å². The molecule has 0 spiro atoms. The molecular weight excluding hydrogens is 312 g/mol. The Balaban J connectivity index is 1.80. The first-order valence-corrected chi connectivity index (χ1v) is 9.88. The molecule has 5 nitrogen and oxygen atoms in total. The van der Waals surface area contributed by atoms with Crippen LogP contribution in [0.15, 0.2) is 41.8 Å². The van der Waals surface area contributed by atoms with Crippen LogP contribution in [-0.4, -0.2) is 45.8 Å². The van der Waals surface area contributed by atoms with Crippen LogP contribution in [0.1, 0.15) is 19.3 Å². The van der Waals surface area contributed by atoms with Gasteiger partial charge in [0.2, 0.25) is 0 Å². The highest BCUT2D eigenvalue weighted by Crippen LogP contribution is 2.22. The molecule has 0 radical (unpaired) electrons. The summed E-state index contributed by atoms with van der Waals surface area (Å²) in [4.78, 5) is 15.8.